The molecule has 2 aliphatic heterocycles. The summed E-state index contributed by atoms with van der Waals surface area (Å²) in [6.45, 7) is 13.1. The summed E-state index contributed by atoms with van der Waals surface area (Å²) in [7, 11) is 0. The van der Waals surface area contributed by atoms with E-state index in [2.05, 4.69) is 30.6 Å². The van der Waals surface area contributed by atoms with E-state index in [0.717, 1.165) is 45.1 Å². The Labute approximate surface area is 130 Å². The molecule has 0 aromatic rings. The lowest BCUT2D eigenvalue weighted by molar-refractivity contribution is 0.00729. The predicted molar refractivity (Wildman–Crippen MR) is 86.5 cm³/mol. The van der Waals surface area contributed by atoms with E-state index in [1.165, 1.54) is 25.9 Å². The van der Waals surface area contributed by atoms with Gasteiger partial charge in [-0.1, -0.05) is 0 Å². The van der Waals surface area contributed by atoms with E-state index in [4.69, 9.17) is 4.74 Å². The van der Waals surface area contributed by atoms with Crippen molar-refractivity contribution in [3.8, 4) is 0 Å². The van der Waals surface area contributed by atoms with Crippen LogP contribution in [0.25, 0.3) is 0 Å². The second-order valence-electron chi connectivity index (χ2n) is 7.23. The van der Waals surface area contributed by atoms with Gasteiger partial charge in [0.15, 0.2) is 0 Å². The summed E-state index contributed by atoms with van der Waals surface area (Å²) in [5.74, 6) is 0.746. The third kappa shape index (κ3) is 5.51. The lowest BCUT2D eigenvalue weighted by atomic mass is 9.97. The zero-order valence-corrected chi connectivity index (χ0v) is 14.1. The molecule has 4 heteroatoms. The summed E-state index contributed by atoms with van der Waals surface area (Å²) in [5.41, 5.74) is 0. The Morgan fingerprint density at radius 1 is 0.952 bits per heavy atom. The highest BCUT2D eigenvalue weighted by atomic mass is 16.5. The van der Waals surface area contributed by atoms with E-state index < -0.39 is 0 Å². The van der Waals surface area contributed by atoms with E-state index in [-0.39, 0.29) is 6.10 Å². The Morgan fingerprint density at radius 3 is 2.10 bits per heavy atom. The Bertz CT molecular complexity index is 283. The molecule has 0 aromatic carbocycles. The van der Waals surface area contributed by atoms with E-state index in [9.17, 15) is 5.11 Å². The van der Waals surface area contributed by atoms with Crippen molar-refractivity contribution in [2.75, 3.05) is 39.4 Å². The van der Waals surface area contributed by atoms with Crippen LogP contribution in [-0.2, 0) is 4.74 Å². The molecule has 2 rings (SSSR count). The van der Waals surface area contributed by atoms with Crippen LogP contribution in [0.5, 0.6) is 0 Å². The number of ether oxygens (including phenoxy) is 1. The van der Waals surface area contributed by atoms with Gasteiger partial charge in [0.1, 0.15) is 0 Å². The molecule has 0 saturated carbocycles. The van der Waals surface area contributed by atoms with Crippen molar-refractivity contribution >= 4 is 0 Å². The quantitative estimate of drug-likeness (QED) is 0.813. The fraction of sp³-hybridized carbons (Fsp3) is 1.00. The van der Waals surface area contributed by atoms with Crippen molar-refractivity contribution < 1.29 is 9.84 Å². The van der Waals surface area contributed by atoms with Crippen molar-refractivity contribution in [1.82, 2.24) is 9.80 Å². The molecule has 0 spiro atoms. The molecule has 21 heavy (non-hydrogen) atoms. The normalized spacial score (nSPS) is 25.6. The molecule has 0 aliphatic carbocycles. The lowest BCUT2D eigenvalue weighted by Crippen LogP contribution is -2.44. The van der Waals surface area contributed by atoms with Crippen molar-refractivity contribution in [1.29, 1.82) is 0 Å². The van der Waals surface area contributed by atoms with Gasteiger partial charge >= 0.3 is 0 Å². The first-order chi connectivity index (χ1) is 10.1. The summed E-state index contributed by atoms with van der Waals surface area (Å²) in [5, 5.41) is 9.55. The molecule has 0 radical (unpaired) electrons. The zero-order valence-electron chi connectivity index (χ0n) is 14.1. The van der Waals surface area contributed by atoms with Gasteiger partial charge < -0.3 is 14.7 Å². The standard InChI is InChI=1S/C17H34N2O2/c1-14(2)18-8-4-16(5-9-18)13-21-12-15(3)19-10-6-17(20)7-11-19/h14-17,20H,4-13H2,1-3H3. The third-order valence-corrected chi connectivity index (χ3v) is 5.21. The SMILES string of the molecule is CC(C)N1CCC(COCC(C)N2CCC(O)CC2)CC1. The van der Waals surface area contributed by atoms with Crippen LogP contribution in [0.3, 0.4) is 0 Å². The zero-order chi connectivity index (χ0) is 15.2. The van der Waals surface area contributed by atoms with Gasteiger partial charge in [-0.25, -0.2) is 0 Å². The second kappa shape index (κ2) is 8.47. The molecule has 4 nitrogen and oxygen atoms in total. The third-order valence-electron chi connectivity index (χ3n) is 5.21. The Hall–Kier alpha value is -0.160. The topological polar surface area (TPSA) is 35.9 Å². The molecule has 2 heterocycles. The van der Waals surface area contributed by atoms with Gasteiger partial charge in [0.25, 0.3) is 0 Å². The van der Waals surface area contributed by atoms with Crippen LogP contribution >= 0.6 is 0 Å². The number of likely N-dealkylation sites (tertiary alicyclic amines) is 2. The first-order valence-electron chi connectivity index (χ1n) is 8.80. The average molecular weight is 298 g/mol. The molecule has 124 valence electrons. The average Bonchev–Trinajstić information content (AvgIpc) is 2.48. The highest BCUT2D eigenvalue weighted by Gasteiger charge is 2.23. The summed E-state index contributed by atoms with van der Waals surface area (Å²) < 4.78 is 5.99. The lowest BCUT2D eigenvalue weighted by Gasteiger charge is -2.36. The van der Waals surface area contributed by atoms with E-state index in [0.29, 0.717) is 12.1 Å². The van der Waals surface area contributed by atoms with E-state index in [1.807, 2.05) is 0 Å². The van der Waals surface area contributed by atoms with Crippen LogP contribution in [0.2, 0.25) is 0 Å². The first-order valence-corrected chi connectivity index (χ1v) is 8.80. The molecule has 0 amide bonds. The van der Waals surface area contributed by atoms with Gasteiger partial charge in [-0.15, -0.1) is 0 Å². The maximum atomic E-state index is 9.55. The minimum Gasteiger partial charge on any atom is -0.393 e. The van der Waals surface area contributed by atoms with Crippen molar-refractivity contribution in [2.24, 2.45) is 5.92 Å². The fourth-order valence-electron chi connectivity index (χ4n) is 3.47. The molecule has 1 N–H and O–H groups in total. The van der Waals surface area contributed by atoms with Crippen LogP contribution in [0.1, 0.15) is 46.5 Å². The molecule has 0 bridgehead atoms. The highest BCUT2D eigenvalue weighted by molar-refractivity contribution is 4.77. The molecule has 1 unspecified atom stereocenters. The molecule has 2 saturated heterocycles. The van der Waals surface area contributed by atoms with Crippen LogP contribution in [0, 0.1) is 5.92 Å². The van der Waals surface area contributed by atoms with Gasteiger partial charge in [-0.2, -0.15) is 0 Å². The number of nitrogens with zero attached hydrogens (tertiary/aromatic N) is 2. The molecular weight excluding hydrogens is 264 g/mol. The fourth-order valence-corrected chi connectivity index (χ4v) is 3.47. The van der Waals surface area contributed by atoms with Crippen LogP contribution < -0.4 is 0 Å². The minimum atomic E-state index is -0.0829. The van der Waals surface area contributed by atoms with Gasteiger partial charge in [0.05, 0.1) is 12.7 Å². The molecular formula is C17H34N2O2. The first kappa shape index (κ1) is 17.2. The van der Waals surface area contributed by atoms with Crippen molar-refractivity contribution in [3.05, 3.63) is 0 Å². The number of aliphatic hydroxyl groups is 1. The molecule has 1 atom stereocenters. The number of hydrogen-bond donors (Lipinski definition) is 1. The maximum absolute atomic E-state index is 9.55. The van der Waals surface area contributed by atoms with Crippen molar-refractivity contribution in [2.45, 2.75) is 64.6 Å². The summed E-state index contributed by atoms with van der Waals surface area (Å²) in [6, 6.07) is 1.16. The van der Waals surface area contributed by atoms with E-state index >= 15 is 0 Å². The van der Waals surface area contributed by atoms with Crippen molar-refractivity contribution in [3.63, 3.8) is 0 Å². The second-order valence-corrected chi connectivity index (χ2v) is 7.23. The number of hydrogen-bond acceptors (Lipinski definition) is 4. The Morgan fingerprint density at radius 2 is 1.52 bits per heavy atom. The predicted octanol–water partition coefficient (Wildman–Crippen LogP) is 1.97. The van der Waals surface area contributed by atoms with E-state index in [1.54, 1.807) is 0 Å². The Balaban J connectivity index is 1.57. The van der Waals surface area contributed by atoms with Crippen LogP contribution in [0.4, 0.5) is 0 Å². The van der Waals surface area contributed by atoms with Gasteiger partial charge in [0.2, 0.25) is 0 Å². The summed E-state index contributed by atoms with van der Waals surface area (Å²) in [4.78, 5) is 5.02. The maximum Gasteiger partial charge on any atom is 0.0619 e. The summed E-state index contributed by atoms with van der Waals surface area (Å²) in [6.07, 6.45) is 4.31. The van der Waals surface area contributed by atoms with Crippen LogP contribution in [-0.4, -0.2) is 72.5 Å². The minimum absolute atomic E-state index is 0.0829. The van der Waals surface area contributed by atoms with Gasteiger partial charge in [0, 0.05) is 31.8 Å². The van der Waals surface area contributed by atoms with Gasteiger partial charge in [-0.05, 0) is 65.5 Å². The highest BCUT2D eigenvalue weighted by Crippen LogP contribution is 2.19. The number of aliphatic hydroxyl groups excluding tert-OH is 1. The smallest absolute Gasteiger partial charge is 0.0619 e. The van der Waals surface area contributed by atoms with Gasteiger partial charge in [-0.3, -0.25) is 4.90 Å². The Kier molecular flexibility index (Phi) is 6.93. The molecule has 2 fully saturated rings. The largest absolute Gasteiger partial charge is 0.393 e. The number of rotatable bonds is 6. The summed E-state index contributed by atoms with van der Waals surface area (Å²) >= 11 is 0. The molecule has 2 aliphatic rings. The molecule has 0 aromatic heterocycles. The van der Waals surface area contributed by atoms with Crippen LogP contribution in [0.15, 0.2) is 0 Å². The monoisotopic (exact) mass is 298 g/mol. The number of piperidine rings is 2.